The van der Waals surface area contributed by atoms with Gasteiger partial charge < -0.3 is 33.7 Å². The van der Waals surface area contributed by atoms with E-state index in [1.54, 1.807) is 19.9 Å². The monoisotopic (exact) mass is 610 g/mol. The average molecular weight is 611 g/mol. The number of nitro benzene ring substituents is 1. The Bertz CT molecular complexity index is 1380. The van der Waals surface area contributed by atoms with E-state index in [2.05, 4.69) is 5.32 Å². The number of rotatable bonds is 15. The number of ether oxygens (including phenoxy) is 6. The molecule has 2 atom stereocenters. The average Bonchev–Trinajstić information content (AvgIpc) is 3.53. The Labute approximate surface area is 256 Å². The summed E-state index contributed by atoms with van der Waals surface area (Å²) in [6.45, 7) is 4.89. The molecule has 0 aliphatic carbocycles. The van der Waals surface area contributed by atoms with Crippen molar-refractivity contribution in [3.8, 4) is 5.75 Å². The summed E-state index contributed by atoms with van der Waals surface area (Å²) in [5, 5.41) is 14.6. The maximum absolute atomic E-state index is 13.5. The van der Waals surface area contributed by atoms with Crippen molar-refractivity contribution in [2.45, 2.75) is 45.3 Å². The van der Waals surface area contributed by atoms with Crippen molar-refractivity contribution in [1.82, 2.24) is 5.32 Å². The zero-order valence-electron chi connectivity index (χ0n) is 25.2. The Kier molecular flexibility index (Phi) is 11.9. The molecule has 1 N–H and O–H groups in total. The SMILES string of the molecule is COCCOC(=O)C1=C(C)NC(C)=C(C(=O)OCCOc2ccc(CCOC3CCCO3)cc2)C1c1cccc([N+](=O)[O-])c1. The van der Waals surface area contributed by atoms with Crippen LogP contribution in [-0.4, -0.2) is 69.9 Å². The second-order valence-electron chi connectivity index (χ2n) is 10.3. The van der Waals surface area contributed by atoms with Crippen molar-refractivity contribution >= 4 is 17.6 Å². The smallest absolute Gasteiger partial charge is 0.336 e. The quantitative estimate of drug-likeness (QED) is 0.133. The first-order chi connectivity index (χ1) is 21.3. The number of nitrogens with one attached hydrogen (secondary N) is 1. The summed E-state index contributed by atoms with van der Waals surface area (Å²) < 4.78 is 32.9. The number of allylic oxidation sites excluding steroid dienone is 2. The van der Waals surface area contributed by atoms with Gasteiger partial charge in [0.25, 0.3) is 5.69 Å². The molecule has 0 amide bonds. The number of benzene rings is 2. The maximum atomic E-state index is 13.5. The Balaban J connectivity index is 1.40. The lowest BCUT2D eigenvalue weighted by Crippen LogP contribution is -2.33. The van der Waals surface area contributed by atoms with Crippen LogP contribution in [0, 0.1) is 10.1 Å². The van der Waals surface area contributed by atoms with Gasteiger partial charge in [0.1, 0.15) is 25.6 Å². The van der Waals surface area contributed by atoms with E-state index < -0.39 is 22.8 Å². The second-order valence-corrected chi connectivity index (χ2v) is 10.3. The maximum Gasteiger partial charge on any atom is 0.336 e. The molecule has 0 saturated carbocycles. The van der Waals surface area contributed by atoms with Crippen LogP contribution in [0.4, 0.5) is 5.69 Å². The van der Waals surface area contributed by atoms with Gasteiger partial charge in [0.2, 0.25) is 0 Å². The van der Waals surface area contributed by atoms with Crippen LogP contribution in [0.2, 0.25) is 0 Å². The van der Waals surface area contributed by atoms with Crippen LogP contribution >= 0.6 is 0 Å². The molecule has 0 radical (unpaired) electrons. The molecule has 0 bridgehead atoms. The lowest BCUT2D eigenvalue weighted by molar-refractivity contribution is -0.384. The van der Waals surface area contributed by atoms with Crippen LogP contribution in [0.5, 0.6) is 5.75 Å². The van der Waals surface area contributed by atoms with Crippen LogP contribution < -0.4 is 10.1 Å². The summed E-state index contributed by atoms with van der Waals surface area (Å²) in [7, 11) is 1.48. The summed E-state index contributed by atoms with van der Waals surface area (Å²) in [6.07, 6.45) is 2.60. The minimum Gasteiger partial charge on any atom is -0.490 e. The van der Waals surface area contributed by atoms with Crippen molar-refractivity contribution in [2.75, 3.05) is 46.8 Å². The van der Waals surface area contributed by atoms with Crippen molar-refractivity contribution in [3.05, 3.63) is 92.3 Å². The molecule has 0 aromatic heterocycles. The Morgan fingerprint density at radius 3 is 2.25 bits per heavy atom. The van der Waals surface area contributed by atoms with E-state index in [0.29, 0.717) is 29.3 Å². The molecule has 4 rings (SSSR count). The van der Waals surface area contributed by atoms with Crippen LogP contribution in [0.15, 0.2) is 71.1 Å². The highest BCUT2D eigenvalue weighted by Crippen LogP contribution is 2.40. The molecular formula is C32H38N2O10. The predicted octanol–water partition coefficient (Wildman–Crippen LogP) is 4.34. The van der Waals surface area contributed by atoms with Gasteiger partial charge in [-0.15, -0.1) is 0 Å². The standard InChI is InChI=1S/C32H38N2O10/c1-21-28(31(35)43-17-16-39-3)30(24-6-4-7-25(20-24)34(37)38)29(22(2)33-21)32(36)44-19-18-40-26-11-9-23(10-12-26)13-15-42-27-8-5-14-41-27/h4,6-7,9-12,20,27,30,33H,5,8,13-19H2,1-3H3. The number of hydrogen-bond donors (Lipinski definition) is 1. The number of nitro groups is 1. The molecule has 2 aliphatic heterocycles. The zero-order valence-corrected chi connectivity index (χ0v) is 25.2. The number of hydrogen-bond acceptors (Lipinski definition) is 11. The van der Waals surface area contributed by atoms with Gasteiger partial charge >= 0.3 is 11.9 Å². The number of carbonyl (C=O) groups is 2. The minimum absolute atomic E-state index is 0.00221. The number of methoxy groups -OCH3 is 1. The van der Waals surface area contributed by atoms with Crippen molar-refractivity contribution in [1.29, 1.82) is 0 Å². The molecule has 2 aromatic carbocycles. The molecule has 2 heterocycles. The van der Waals surface area contributed by atoms with Gasteiger partial charge in [-0.2, -0.15) is 0 Å². The van der Waals surface area contributed by atoms with E-state index in [4.69, 9.17) is 28.4 Å². The van der Waals surface area contributed by atoms with Gasteiger partial charge in [0.05, 0.1) is 35.2 Å². The van der Waals surface area contributed by atoms with Crippen LogP contribution in [-0.2, 0) is 39.7 Å². The van der Waals surface area contributed by atoms with Crippen LogP contribution in [0.1, 0.15) is 43.7 Å². The normalized spacial score (nSPS) is 18.2. The second kappa shape index (κ2) is 16.0. The first-order valence-corrected chi connectivity index (χ1v) is 14.5. The molecule has 2 unspecified atom stereocenters. The molecule has 0 spiro atoms. The summed E-state index contributed by atoms with van der Waals surface area (Å²) in [5.74, 6) is -1.71. The number of esters is 2. The van der Waals surface area contributed by atoms with E-state index in [-0.39, 0.29) is 49.6 Å². The summed E-state index contributed by atoms with van der Waals surface area (Å²) >= 11 is 0. The fourth-order valence-corrected chi connectivity index (χ4v) is 5.09. The molecule has 12 heteroatoms. The summed E-state index contributed by atoms with van der Waals surface area (Å²) in [4.78, 5) is 37.7. The molecular weight excluding hydrogens is 572 g/mol. The fourth-order valence-electron chi connectivity index (χ4n) is 5.09. The molecule has 12 nitrogen and oxygen atoms in total. The van der Waals surface area contributed by atoms with Crippen molar-refractivity contribution in [2.24, 2.45) is 0 Å². The third kappa shape index (κ3) is 8.65. The van der Waals surface area contributed by atoms with Crippen LogP contribution in [0.25, 0.3) is 0 Å². The topological polar surface area (TPSA) is 145 Å². The van der Waals surface area contributed by atoms with Gasteiger partial charge in [0.15, 0.2) is 6.29 Å². The van der Waals surface area contributed by atoms with Crippen LogP contribution in [0.3, 0.4) is 0 Å². The van der Waals surface area contributed by atoms with E-state index in [9.17, 15) is 19.7 Å². The third-order valence-corrected chi connectivity index (χ3v) is 7.23. The fraction of sp³-hybridized carbons (Fsp3) is 0.438. The van der Waals surface area contributed by atoms with Gasteiger partial charge in [-0.25, -0.2) is 9.59 Å². The van der Waals surface area contributed by atoms with Crippen molar-refractivity contribution < 1.29 is 42.9 Å². The number of nitrogens with zero attached hydrogens (tertiary/aromatic N) is 1. The predicted molar refractivity (Wildman–Crippen MR) is 159 cm³/mol. The highest BCUT2D eigenvalue weighted by molar-refractivity contribution is 6.00. The summed E-state index contributed by atoms with van der Waals surface area (Å²) in [5.41, 5.74) is 2.51. The molecule has 2 aliphatic rings. The molecule has 2 aromatic rings. The lowest BCUT2D eigenvalue weighted by atomic mass is 9.80. The molecule has 1 saturated heterocycles. The Morgan fingerprint density at radius 2 is 1.64 bits per heavy atom. The van der Waals surface area contributed by atoms with E-state index >= 15 is 0 Å². The Hall–Kier alpha value is -4.26. The molecule has 1 fully saturated rings. The van der Waals surface area contributed by atoms with E-state index in [1.807, 2.05) is 24.3 Å². The van der Waals surface area contributed by atoms with E-state index in [1.165, 1.54) is 25.3 Å². The highest BCUT2D eigenvalue weighted by atomic mass is 16.7. The molecule has 44 heavy (non-hydrogen) atoms. The first-order valence-electron chi connectivity index (χ1n) is 14.5. The molecule has 236 valence electrons. The van der Waals surface area contributed by atoms with Gasteiger partial charge in [-0.3, -0.25) is 10.1 Å². The van der Waals surface area contributed by atoms with Crippen molar-refractivity contribution in [3.63, 3.8) is 0 Å². The van der Waals surface area contributed by atoms with Gasteiger partial charge in [0, 0.05) is 43.7 Å². The minimum atomic E-state index is -0.962. The number of dihydropyridines is 1. The lowest BCUT2D eigenvalue weighted by Gasteiger charge is -2.30. The highest BCUT2D eigenvalue weighted by Gasteiger charge is 2.38. The van der Waals surface area contributed by atoms with Gasteiger partial charge in [-0.1, -0.05) is 24.3 Å². The number of carbonyl (C=O) groups excluding carboxylic acids is 2. The first kappa shape index (κ1) is 32.6. The Morgan fingerprint density at radius 1 is 0.955 bits per heavy atom. The largest absolute Gasteiger partial charge is 0.490 e. The van der Waals surface area contributed by atoms with E-state index in [0.717, 1.165) is 31.4 Å². The summed E-state index contributed by atoms with van der Waals surface area (Å²) in [6, 6.07) is 13.4. The number of non-ortho nitro benzene ring substituents is 1. The third-order valence-electron chi connectivity index (χ3n) is 7.23. The van der Waals surface area contributed by atoms with Gasteiger partial charge in [-0.05, 0) is 49.9 Å². The zero-order chi connectivity index (χ0) is 31.5.